The number of hydrogen-bond donors (Lipinski definition) is 1. The van der Waals surface area contributed by atoms with Crippen LogP contribution in [0.3, 0.4) is 0 Å². The van der Waals surface area contributed by atoms with Crippen LogP contribution in [-0.4, -0.2) is 26.1 Å². The number of hydrogen-bond acceptors (Lipinski definition) is 3. The number of fused-ring (bicyclic) bond motifs is 1. The number of rotatable bonds is 4. The van der Waals surface area contributed by atoms with Crippen LogP contribution in [0.25, 0.3) is 11.2 Å². The molecular formula is C14H20N4O2. The molecule has 6 nitrogen and oxygen atoms in total. The fourth-order valence-corrected chi connectivity index (χ4v) is 2.24. The molecule has 0 aliphatic heterocycles. The second kappa shape index (κ2) is 5.48. The Morgan fingerprint density at radius 2 is 2.05 bits per heavy atom. The number of nitrogens with zero attached hydrogens (tertiary/aromatic N) is 3. The van der Waals surface area contributed by atoms with Crippen molar-refractivity contribution >= 4 is 17.1 Å². The molecule has 1 amide bonds. The molecule has 2 aromatic rings. The first-order valence-electron chi connectivity index (χ1n) is 6.77. The SMILES string of the molecule is CC(C)NC(=O)Cn1c(=O)n(C(C)C)c2ncccc21. The number of carbonyl (C=O) groups excluding carboxylic acids is 1. The Labute approximate surface area is 117 Å². The van der Waals surface area contributed by atoms with Crippen molar-refractivity contribution < 1.29 is 4.79 Å². The smallest absolute Gasteiger partial charge is 0.331 e. The molecule has 108 valence electrons. The fourth-order valence-electron chi connectivity index (χ4n) is 2.24. The molecule has 6 heteroatoms. The molecule has 0 atom stereocenters. The van der Waals surface area contributed by atoms with Crippen molar-refractivity contribution in [1.82, 2.24) is 19.4 Å². The van der Waals surface area contributed by atoms with Gasteiger partial charge in [-0.05, 0) is 39.8 Å². The first-order chi connectivity index (χ1) is 9.41. The zero-order chi connectivity index (χ0) is 14.9. The van der Waals surface area contributed by atoms with Crippen LogP contribution in [-0.2, 0) is 11.3 Å². The van der Waals surface area contributed by atoms with Gasteiger partial charge in [0, 0.05) is 18.3 Å². The second-order valence-electron chi connectivity index (χ2n) is 5.40. The van der Waals surface area contributed by atoms with Crippen molar-refractivity contribution in [3.05, 3.63) is 28.8 Å². The zero-order valence-electron chi connectivity index (χ0n) is 12.3. The third-order valence-corrected chi connectivity index (χ3v) is 2.99. The van der Waals surface area contributed by atoms with Crippen LogP contribution >= 0.6 is 0 Å². The van der Waals surface area contributed by atoms with E-state index in [1.807, 2.05) is 33.8 Å². The summed E-state index contributed by atoms with van der Waals surface area (Å²) in [5.41, 5.74) is 1.10. The predicted octanol–water partition coefficient (Wildman–Crippen LogP) is 1.30. The van der Waals surface area contributed by atoms with E-state index in [9.17, 15) is 9.59 Å². The van der Waals surface area contributed by atoms with Crippen LogP contribution in [0.15, 0.2) is 23.1 Å². The van der Waals surface area contributed by atoms with Gasteiger partial charge in [-0.1, -0.05) is 0 Å². The number of carbonyl (C=O) groups is 1. The lowest BCUT2D eigenvalue weighted by Gasteiger charge is -2.08. The van der Waals surface area contributed by atoms with Gasteiger partial charge in [-0.2, -0.15) is 0 Å². The van der Waals surface area contributed by atoms with Crippen LogP contribution in [0, 0.1) is 0 Å². The minimum absolute atomic E-state index is 0.00527. The van der Waals surface area contributed by atoms with Crippen LogP contribution in [0.4, 0.5) is 0 Å². The molecule has 0 unspecified atom stereocenters. The number of nitrogens with one attached hydrogen (secondary N) is 1. The molecule has 2 heterocycles. The Morgan fingerprint density at radius 3 is 2.65 bits per heavy atom. The number of amides is 1. The molecule has 0 saturated heterocycles. The average molecular weight is 276 g/mol. The summed E-state index contributed by atoms with van der Waals surface area (Å²) in [4.78, 5) is 28.6. The third-order valence-electron chi connectivity index (χ3n) is 2.99. The summed E-state index contributed by atoms with van der Waals surface area (Å²) < 4.78 is 3.08. The Kier molecular flexibility index (Phi) is 3.92. The summed E-state index contributed by atoms with van der Waals surface area (Å²) in [6, 6.07) is 3.62. The van der Waals surface area contributed by atoms with E-state index in [4.69, 9.17) is 0 Å². The molecule has 0 aliphatic rings. The molecule has 2 aromatic heterocycles. The molecule has 0 aliphatic carbocycles. The molecule has 0 fully saturated rings. The quantitative estimate of drug-likeness (QED) is 0.915. The van der Waals surface area contributed by atoms with Crippen LogP contribution in [0.5, 0.6) is 0 Å². The molecule has 2 rings (SSSR count). The molecule has 0 radical (unpaired) electrons. The summed E-state index contributed by atoms with van der Waals surface area (Å²) in [6.45, 7) is 7.64. The highest BCUT2D eigenvalue weighted by Gasteiger charge is 2.17. The fraction of sp³-hybridized carbons (Fsp3) is 0.500. The van der Waals surface area contributed by atoms with Gasteiger partial charge in [-0.25, -0.2) is 9.78 Å². The van der Waals surface area contributed by atoms with Gasteiger partial charge in [0.2, 0.25) is 5.91 Å². The minimum atomic E-state index is -0.201. The van der Waals surface area contributed by atoms with Gasteiger partial charge in [0.05, 0.1) is 5.52 Å². The lowest BCUT2D eigenvalue weighted by Crippen LogP contribution is -2.36. The average Bonchev–Trinajstić information content (AvgIpc) is 2.62. The predicted molar refractivity (Wildman–Crippen MR) is 77.7 cm³/mol. The van der Waals surface area contributed by atoms with E-state index in [0.29, 0.717) is 11.2 Å². The van der Waals surface area contributed by atoms with Crippen molar-refractivity contribution in [3.8, 4) is 0 Å². The zero-order valence-corrected chi connectivity index (χ0v) is 12.3. The maximum Gasteiger partial charge on any atom is 0.331 e. The van der Waals surface area contributed by atoms with Crippen molar-refractivity contribution in [3.63, 3.8) is 0 Å². The van der Waals surface area contributed by atoms with Gasteiger partial charge in [-0.15, -0.1) is 0 Å². The Morgan fingerprint density at radius 1 is 1.35 bits per heavy atom. The molecule has 1 N–H and O–H groups in total. The number of pyridine rings is 1. The maximum atomic E-state index is 12.5. The van der Waals surface area contributed by atoms with E-state index in [1.54, 1.807) is 16.8 Å². The molecule has 0 saturated carbocycles. The van der Waals surface area contributed by atoms with Gasteiger partial charge in [0.1, 0.15) is 6.54 Å². The first-order valence-corrected chi connectivity index (χ1v) is 6.77. The van der Waals surface area contributed by atoms with Crippen molar-refractivity contribution in [1.29, 1.82) is 0 Å². The van der Waals surface area contributed by atoms with E-state index in [-0.39, 0.29) is 30.2 Å². The normalized spacial score (nSPS) is 11.5. The van der Waals surface area contributed by atoms with E-state index >= 15 is 0 Å². The van der Waals surface area contributed by atoms with Crippen molar-refractivity contribution in [2.75, 3.05) is 0 Å². The van der Waals surface area contributed by atoms with E-state index in [1.165, 1.54) is 4.57 Å². The largest absolute Gasteiger partial charge is 0.352 e. The van der Waals surface area contributed by atoms with Crippen molar-refractivity contribution in [2.45, 2.75) is 46.3 Å². The monoisotopic (exact) mass is 276 g/mol. The highest BCUT2D eigenvalue weighted by molar-refractivity contribution is 5.79. The van der Waals surface area contributed by atoms with Gasteiger partial charge in [0.25, 0.3) is 0 Å². The lowest BCUT2D eigenvalue weighted by molar-refractivity contribution is -0.122. The highest BCUT2D eigenvalue weighted by atomic mass is 16.2. The van der Waals surface area contributed by atoms with Crippen LogP contribution < -0.4 is 11.0 Å². The maximum absolute atomic E-state index is 12.5. The summed E-state index contributed by atoms with van der Waals surface area (Å²) in [6.07, 6.45) is 1.65. The highest BCUT2D eigenvalue weighted by Crippen LogP contribution is 2.14. The van der Waals surface area contributed by atoms with E-state index in [2.05, 4.69) is 10.3 Å². The molecule has 20 heavy (non-hydrogen) atoms. The summed E-state index contributed by atoms with van der Waals surface area (Å²) in [7, 11) is 0. The van der Waals surface area contributed by atoms with E-state index < -0.39 is 0 Å². The first kappa shape index (κ1) is 14.3. The standard InChI is InChI=1S/C14H20N4O2/c1-9(2)16-12(19)8-17-11-6-5-7-15-13(11)18(10(3)4)14(17)20/h5-7,9-10H,8H2,1-4H3,(H,16,19). The van der Waals surface area contributed by atoms with Crippen LogP contribution in [0.1, 0.15) is 33.7 Å². The molecular weight excluding hydrogens is 256 g/mol. The minimum Gasteiger partial charge on any atom is -0.352 e. The summed E-state index contributed by atoms with van der Waals surface area (Å²) >= 11 is 0. The van der Waals surface area contributed by atoms with Gasteiger partial charge >= 0.3 is 5.69 Å². The van der Waals surface area contributed by atoms with Gasteiger partial charge < -0.3 is 5.32 Å². The van der Waals surface area contributed by atoms with E-state index in [0.717, 1.165) is 0 Å². The topological polar surface area (TPSA) is 68.9 Å². The Hall–Kier alpha value is -2.11. The number of aromatic nitrogens is 3. The molecule has 0 bridgehead atoms. The Bertz CT molecular complexity index is 682. The second-order valence-corrected chi connectivity index (χ2v) is 5.40. The summed E-state index contributed by atoms with van der Waals surface area (Å²) in [5.74, 6) is -0.172. The van der Waals surface area contributed by atoms with Gasteiger partial charge in [0.15, 0.2) is 5.65 Å². The lowest BCUT2D eigenvalue weighted by atomic mass is 10.3. The third kappa shape index (κ3) is 2.59. The van der Waals surface area contributed by atoms with Crippen molar-refractivity contribution in [2.24, 2.45) is 0 Å². The molecule has 0 spiro atoms. The number of imidazole rings is 1. The summed E-state index contributed by atoms with van der Waals surface area (Å²) in [5, 5.41) is 2.79. The van der Waals surface area contributed by atoms with Crippen LogP contribution in [0.2, 0.25) is 0 Å². The van der Waals surface area contributed by atoms with Gasteiger partial charge in [-0.3, -0.25) is 13.9 Å². The Balaban J connectivity index is 2.51. The molecule has 0 aromatic carbocycles.